The van der Waals surface area contributed by atoms with Crippen LogP contribution in [0.2, 0.25) is 0 Å². The number of nitrogens with one attached hydrogen (secondary N) is 1. The van der Waals surface area contributed by atoms with Crippen molar-refractivity contribution < 1.29 is 9.18 Å². The molecular formula is C24H28FN5O2. The molecule has 2 aliphatic heterocycles. The van der Waals surface area contributed by atoms with E-state index < -0.39 is 0 Å². The van der Waals surface area contributed by atoms with Crippen LogP contribution in [0.25, 0.3) is 5.65 Å². The first-order chi connectivity index (χ1) is 15.5. The van der Waals surface area contributed by atoms with Gasteiger partial charge in [0.25, 0.3) is 5.56 Å². The maximum atomic E-state index is 14.2. The van der Waals surface area contributed by atoms with E-state index in [0.717, 1.165) is 31.5 Å². The average Bonchev–Trinajstić information content (AvgIpc) is 3.42. The Bertz CT molecular complexity index is 1220. The van der Waals surface area contributed by atoms with Gasteiger partial charge in [-0.05, 0) is 38.3 Å². The Morgan fingerprint density at radius 3 is 2.94 bits per heavy atom. The number of aromatic amines is 1. The third kappa shape index (κ3) is 3.72. The summed E-state index contributed by atoms with van der Waals surface area (Å²) >= 11 is 0. The summed E-state index contributed by atoms with van der Waals surface area (Å²) in [6.07, 6.45) is 3.81. The second kappa shape index (κ2) is 8.50. The van der Waals surface area contributed by atoms with Gasteiger partial charge < -0.3 is 4.90 Å². The van der Waals surface area contributed by atoms with Crippen molar-refractivity contribution in [2.24, 2.45) is 0 Å². The van der Waals surface area contributed by atoms with E-state index in [1.807, 2.05) is 25.1 Å². The zero-order valence-electron chi connectivity index (χ0n) is 18.3. The van der Waals surface area contributed by atoms with E-state index in [1.54, 1.807) is 11.0 Å². The Hall–Kier alpha value is -3.00. The highest BCUT2D eigenvalue weighted by Crippen LogP contribution is 2.33. The Balaban J connectivity index is 1.44. The van der Waals surface area contributed by atoms with Crippen LogP contribution in [-0.2, 0) is 24.3 Å². The van der Waals surface area contributed by atoms with E-state index in [0.29, 0.717) is 54.9 Å². The molecule has 1 N–H and O–H groups in total. The van der Waals surface area contributed by atoms with Gasteiger partial charge in [0, 0.05) is 36.7 Å². The van der Waals surface area contributed by atoms with Crippen molar-refractivity contribution >= 4 is 11.6 Å². The monoisotopic (exact) mass is 437 g/mol. The van der Waals surface area contributed by atoms with Gasteiger partial charge in [-0.3, -0.25) is 19.6 Å². The van der Waals surface area contributed by atoms with Crippen LogP contribution in [-0.4, -0.2) is 43.4 Å². The van der Waals surface area contributed by atoms with Gasteiger partial charge in [0.2, 0.25) is 5.91 Å². The first kappa shape index (κ1) is 20.9. The molecule has 168 valence electrons. The molecule has 0 bridgehead atoms. The molecule has 2 aromatic heterocycles. The van der Waals surface area contributed by atoms with Crippen molar-refractivity contribution in [3.05, 3.63) is 69.0 Å². The SMILES string of the molecule is CCCC(=O)N1CCc2c(nc3cc(C4CCCN4Cc4ccccc4F)[nH]n3c2=O)C1. The molecular weight excluding hydrogens is 409 g/mol. The van der Waals surface area contributed by atoms with Crippen LogP contribution in [0.1, 0.15) is 61.2 Å². The number of H-pyrrole nitrogens is 1. The predicted molar refractivity (Wildman–Crippen MR) is 119 cm³/mol. The minimum atomic E-state index is -0.192. The third-order valence-corrected chi connectivity index (χ3v) is 6.66. The van der Waals surface area contributed by atoms with Gasteiger partial charge in [0.05, 0.1) is 24.0 Å². The van der Waals surface area contributed by atoms with Gasteiger partial charge in [-0.1, -0.05) is 25.1 Å². The van der Waals surface area contributed by atoms with E-state index in [1.165, 1.54) is 10.6 Å². The minimum Gasteiger partial charge on any atom is -0.336 e. The van der Waals surface area contributed by atoms with Crippen molar-refractivity contribution in [3.8, 4) is 0 Å². The first-order valence-electron chi connectivity index (χ1n) is 11.4. The van der Waals surface area contributed by atoms with Crippen LogP contribution in [0.5, 0.6) is 0 Å². The van der Waals surface area contributed by atoms with Crippen molar-refractivity contribution in [1.82, 2.24) is 24.4 Å². The Morgan fingerprint density at radius 1 is 1.28 bits per heavy atom. The Kier molecular flexibility index (Phi) is 5.55. The smallest absolute Gasteiger partial charge is 0.276 e. The van der Waals surface area contributed by atoms with E-state index in [4.69, 9.17) is 4.98 Å². The summed E-state index contributed by atoms with van der Waals surface area (Å²) in [5, 5.41) is 3.27. The van der Waals surface area contributed by atoms with Crippen LogP contribution in [0.3, 0.4) is 0 Å². The first-order valence-corrected chi connectivity index (χ1v) is 11.4. The second-order valence-electron chi connectivity index (χ2n) is 8.78. The van der Waals surface area contributed by atoms with E-state index in [2.05, 4.69) is 10.00 Å². The van der Waals surface area contributed by atoms with Crippen LogP contribution in [0.15, 0.2) is 35.1 Å². The zero-order valence-corrected chi connectivity index (χ0v) is 18.3. The molecule has 2 aliphatic rings. The van der Waals surface area contributed by atoms with Gasteiger partial charge in [-0.25, -0.2) is 13.9 Å². The van der Waals surface area contributed by atoms with E-state index >= 15 is 0 Å². The fourth-order valence-corrected chi connectivity index (χ4v) is 4.98. The van der Waals surface area contributed by atoms with Gasteiger partial charge in [0.1, 0.15) is 5.82 Å². The topological polar surface area (TPSA) is 73.7 Å². The van der Waals surface area contributed by atoms with Crippen LogP contribution in [0.4, 0.5) is 4.39 Å². The number of carbonyl (C=O) groups excluding carboxylic acids is 1. The summed E-state index contributed by atoms with van der Waals surface area (Å²) in [6, 6.07) is 8.88. The van der Waals surface area contributed by atoms with Gasteiger partial charge in [-0.2, -0.15) is 0 Å². The van der Waals surface area contributed by atoms with E-state index in [-0.39, 0.29) is 23.3 Å². The number of amides is 1. The number of fused-ring (bicyclic) bond motifs is 2. The molecule has 3 aromatic rings. The lowest BCUT2D eigenvalue weighted by atomic mass is 10.1. The van der Waals surface area contributed by atoms with Crippen LogP contribution < -0.4 is 5.56 Å². The molecule has 1 amide bonds. The number of nitrogens with zero attached hydrogens (tertiary/aromatic N) is 4. The number of halogens is 1. The van der Waals surface area contributed by atoms with Crippen LogP contribution in [0, 0.1) is 5.82 Å². The maximum absolute atomic E-state index is 14.2. The molecule has 1 unspecified atom stereocenters. The number of hydrogen-bond donors (Lipinski definition) is 1. The molecule has 1 saturated heterocycles. The van der Waals surface area contributed by atoms with E-state index in [9.17, 15) is 14.0 Å². The summed E-state index contributed by atoms with van der Waals surface area (Å²) in [5.41, 5.74) is 3.48. The van der Waals surface area contributed by atoms with Gasteiger partial charge in [-0.15, -0.1) is 0 Å². The molecule has 1 fully saturated rings. The van der Waals surface area contributed by atoms with Crippen LogP contribution >= 0.6 is 0 Å². The molecule has 0 spiro atoms. The van der Waals surface area contributed by atoms with Crippen molar-refractivity contribution in [3.63, 3.8) is 0 Å². The molecule has 8 heteroatoms. The number of aromatic nitrogens is 3. The molecule has 0 aliphatic carbocycles. The molecule has 1 atom stereocenters. The standard InChI is InChI=1S/C24H28FN5O2/c1-2-6-23(31)29-12-10-17-20(15-29)26-22-13-19(27-30(22)24(17)32)21-9-5-11-28(21)14-16-7-3-4-8-18(16)25/h3-4,7-8,13,21,27H,2,5-6,9-12,14-15H2,1H3. The molecule has 0 radical (unpaired) electrons. The lowest BCUT2D eigenvalue weighted by Crippen LogP contribution is -2.39. The molecule has 4 heterocycles. The van der Waals surface area contributed by atoms with Crippen molar-refractivity contribution in [2.75, 3.05) is 13.1 Å². The quantitative estimate of drug-likeness (QED) is 0.665. The molecule has 5 rings (SSSR count). The third-order valence-electron chi connectivity index (χ3n) is 6.66. The number of carbonyl (C=O) groups is 1. The highest BCUT2D eigenvalue weighted by Gasteiger charge is 2.30. The van der Waals surface area contributed by atoms with Gasteiger partial charge in [0.15, 0.2) is 5.65 Å². The van der Waals surface area contributed by atoms with Gasteiger partial charge >= 0.3 is 0 Å². The molecule has 0 saturated carbocycles. The second-order valence-corrected chi connectivity index (χ2v) is 8.78. The average molecular weight is 438 g/mol. The summed E-state index contributed by atoms with van der Waals surface area (Å²) < 4.78 is 15.7. The fourth-order valence-electron chi connectivity index (χ4n) is 4.98. The number of benzene rings is 1. The Morgan fingerprint density at radius 2 is 2.12 bits per heavy atom. The predicted octanol–water partition coefficient (Wildman–Crippen LogP) is 3.18. The number of hydrogen-bond acceptors (Lipinski definition) is 4. The summed E-state index contributed by atoms with van der Waals surface area (Å²) in [4.78, 5) is 34.3. The maximum Gasteiger partial charge on any atom is 0.276 e. The normalized spacial score (nSPS) is 18.9. The Labute approximate surface area is 185 Å². The lowest BCUT2D eigenvalue weighted by Gasteiger charge is -2.27. The highest BCUT2D eigenvalue weighted by molar-refractivity contribution is 5.76. The summed E-state index contributed by atoms with van der Waals surface area (Å²) in [5.74, 6) is -0.0767. The van der Waals surface area contributed by atoms with Crippen molar-refractivity contribution in [2.45, 2.75) is 58.2 Å². The fraction of sp³-hybridized carbons (Fsp3) is 0.458. The summed E-state index contributed by atoms with van der Waals surface area (Å²) in [7, 11) is 0. The lowest BCUT2D eigenvalue weighted by molar-refractivity contribution is -0.132. The minimum absolute atomic E-state index is 0.0790. The molecule has 1 aromatic carbocycles. The molecule has 7 nitrogen and oxygen atoms in total. The number of rotatable bonds is 5. The molecule has 32 heavy (non-hydrogen) atoms. The number of likely N-dealkylation sites (tertiary alicyclic amines) is 1. The highest BCUT2D eigenvalue weighted by atomic mass is 19.1. The summed E-state index contributed by atoms with van der Waals surface area (Å²) in [6.45, 7) is 4.34. The largest absolute Gasteiger partial charge is 0.336 e. The van der Waals surface area contributed by atoms with Crippen molar-refractivity contribution in [1.29, 1.82) is 0 Å². The zero-order chi connectivity index (χ0) is 22.2.